The zero-order valence-corrected chi connectivity index (χ0v) is 17.7. The van der Waals surface area contributed by atoms with Gasteiger partial charge in [-0.25, -0.2) is 12.7 Å². The molecule has 2 rings (SSSR count). The summed E-state index contributed by atoms with van der Waals surface area (Å²) in [7, 11) is -0.956. The Hall–Kier alpha value is -1.72. The maximum atomic E-state index is 12.3. The number of anilines is 2. The first-order valence-electron chi connectivity index (χ1n) is 7.55. The van der Waals surface area contributed by atoms with Gasteiger partial charge in [0.2, 0.25) is 10.0 Å². The van der Waals surface area contributed by atoms with Gasteiger partial charge < -0.3 is 15.4 Å². The highest BCUT2D eigenvalue weighted by Crippen LogP contribution is 2.30. The minimum Gasteiger partial charge on any atom is -0.433 e. The molecule has 0 saturated carbocycles. The van der Waals surface area contributed by atoms with E-state index in [-0.39, 0.29) is 25.8 Å². The number of alkyl halides is 2. The SMILES string of the molecule is CN(C)S(=O)(=O)c1cc(NC(=S)Nc2ccc(OC(F)F)c(Cl)c2)ccc1Cl. The fourth-order valence-electron chi connectivity index (χ4n) is 2.04. The summed E-state index contributed by atoms with van der Waals surface area (Å²) < 4.78 is 54.5. The first-order chi connectivity index (χ1) is 13.0. The van der Waals surface area contributed by atoms with Crippen LogP contribution in [0, 0.1) is 0 Å². The lowest BCUT2D eigenvalue weighted by Crippen LogP contribution is -2.23. The molecule has 0 fully saturated rings. The Labute approximate surface area is 176 Å². The van der Waals surface area contributed by atoms with Crippen molar-refractivity contribution in [2.45, 2.75) is 11.5 Å². The van der Waals surface area contributed by atoms with Gasteiger partial charge in [0.25, 0.3) is 0 Å². The van der Waals surface area contributed by atoms with Crippen LogP contribution in [-0.4, -0.2) is 38.5 Å². The Kier molecular flexibility index (Phi) is 7.40. The molecule has 152 valence electrons. The summed E-state index contributed by atoms with van der Waals surface area (Å²) in [5, 5.41) is 5.79. The van der Waals surface area contributed by atoms with Crippen LogP contribution in [0.15, 0.2) is 41.3 Å². The molecule has 2 aromatic carbocycles. The molecule has 0 bridgehead atoms. The van der Waals surface area contributed by atoms with E-state index in [1.165, 1.54) is 44.4 Å². The number of hydrogen-bond acceptors (Lipinski definition) is 4. The summed E-state index contributed by atoms with van der Waals surface area (Å²) in [6.45, 7) is -2.99. The molecule has 2 N–H and O–H groups in total. The molecule has 28 heavy (non-hydrogen) atoms. The van der Waals surface area contributed by atoms with Gasteiger partial charge in [-0.15, -0.1) is 0 Å². The second-order valence-electron chi connectivity index (χ2n) is 5.54. The van der Waals surface area contributed by atoms with Crippen LogP contribution in [0.2, 0.25) is 10.0 Å². The van der Waals surface area contributed by atoms with Crippen molar-refractivity contribution in [2.24, 2.45) is 0 Å². The molecule has 0 spiro atoms. The molecule has 0 atom stereocenters. The molecule has 0 aliphatic rings. The van der Waals surface area contributed by atoms with Crippen LogP contribution in [0.1, 0.15) is 0 Å². The van der Waals surface area contributed by atoms with E-state index in [4.69, 9.17) is 35.4 Å². The Morgan fingerprint density at radius 2 is 1.64 bits per heavy atom. The Bertz CT molecular complexity index is 989. The van der Waals surface area contributed by atoms with Crippen LogP contribution in [0.4, 0.5) is 20.2 Å². The van der Waals surface area contributed by atoms with Crippen LogP contribution in [0.25, 0.3) is 0 Å². The third-order valence-electron chi connectivity index (χ3n) is 3.35. The van der Waals surface area contributed by atoms with Crippen LogP contribution >= 0.6 is 35.4 Å². The highest BCUT2D eigenvalue weighted by Gasteiger charge is 2.21. The van der Waals surface area contributed by atoms with Crippen molar-refractivity contribution in [1.82, 2.24) is 4.31 Å². The van der Waals surface area contributed by atoms with Gasteiger partial charge in [0.1, 0.15) is 10.6 Å². The molecule has 6 nitrogen and oxygen atoms in total. The molecule has 0 heterocycles. The van der Waals surface area contributed by atoms with Crippen molar-refractivity contribution in [1.29, 1.82) is 0 Å². The van der Waals surface area contributed by atoms with Gasteiger partial charge >= 0.3 is 6.61 Å². The number of benzene rings is 2. The number of sulfonamides is 1. The second-order valence-corrected chi connectivity index (χ2v) is 8.88. The Morgan fingerprint density at radius 1 is 1.07 bits per heavy atom. The van der Waals surface area contributed by atoms with Gasteiger partial charge in [0, 0.05) is 25.5 Å². The molecular formula is C16H15Cl2F2N3O3S2. The van der Waals surface area contributed by atoms with E-state index in [9.17, 15) is 17.2 Å². The first-order valence-corrected chi connectivity index (χ1v) is 10.2. The van der Waals surface area contributed by atoms with Crippen LogP contribution in [0.5, 0.6) is 5.75 Å². The van der Waals surface area contributed by atoms with E-state index in [1.54, 1.807) is 6.07 Å². The monoisotopic (exact) mass is 469 g/mol. The number of hydrogen-bond donors (Lipinski definition) is 2. The topological polar surface area (TPSA) is 70.7 Å². The largest absolute Gasteiger partial charge is 0.433 e. The molecule has 0 aliphatic carbocycles. The lowest BCUT2D eigenvalue weighted by molar-refractivity contribution is -0.0497. The molecule has 2 aromatic rings. The Balaban J connectivity index is 2.15. The average Bonchev–Trinajstić information content (AvgIpc) is 2.58. The van der Waals surface area contributed by atoms with Crippen molar-refractivity contribution in [3.05, 3.63) is 46.4 Å². The van der Waals surface area contributed by atoms with Gasteiger partial charge in [-0.3, -0.25) is 0 Å². The predicted molar refractivity (Wildman–Crippen MR) is 110 cm³/mol. The Morgan fingerprint density at radius 3 is 2.18 bits per heavy atom. The van der Waals surface area contributed by atoms with Crippen molar-refractivity contribution in [3.63, 3.8) is 0 Å². The number of halogens is 4. The van der Waals surface area contributed by atoms with Gasteiger partial charge in [-0.1, -0.05) is 23.2 Å². The van der Waals surface area contributed by atoms with E-state index >= 15 is 0 Å². The fourth-order valence-corrected chi connectivity index (χ4v) is 3.89. The lowest BCUT2D eigenvalue weighted by atomic mass is 10.3. The smallest absolute Gasteiger partial charge is 0.387 e. The minimum absolute atomic E-state index is 0.0287. The summed E-state index contributed by atoms with van der Waals surface area (Å²) in [5.41, 5.74) is 0.797. The summed E-state index contributed by atoms with van der Waals surface area (Å²) in [6.07, 6.45) is 0. The van der Waals surface area contributed by atoms with Crippen molar-refractivity contribution >= 4 is 61.9 Å². The first kappa shape index (κ1) is 22.6. The zero-order chi connectivity index (χ0) is 21.1. The molecular weight excluding hydrogens is 455 g/mol. The molecule has 0 aliphatic heterocycles. The predicted octanol–water partition coefficient (Wildman–Crippen LogP) is 4.65. The fraction of sp³-hybridized carbons (Fsp3) is 0.188. The number of nitrogens with one attached hydrogen (secondary N) is 2. The maximum absolute atomic E-state index is 12.3. The highest BCUT2D eigenvalue weighted by molar-refractivity contribution is 7.89. The van der Waals surface area contributed by atoms with E-state index in [1.807, 2.05) is 0 Å². The number of rotatable bonds is 6. The van der Waals surface area contributed by atoms with Gasteiger partial charge in [-0.05, 0) is 48.6 Å². The third-order valence-corrected chi connectivity index (χ3v) is 6.15. The molecule has 12 heteroatoms. The quantitative estimate of drug-likeness (QED) is 0.599. The number of thiocarbonyl (C=S) groups is 1. The summed E-state index contributed by atoms with van der Waals surface area (Å²) >= 11 is 17.1. The van der Waals surface area contributed by atoms with Crippen molar-refractivity contribution in [3.8, 4) is 5.75 Å². The summed E-state index contributed by atoms with van der Waals surface area (Å²) in [4.78, 5) is -0.0801. The number of nitrogens with zero attached hydrogens (tertiary/aromatic N) is 1. The molecule has 0 saturated heterocycles. The van der Waals surface area contributed by atoms with E-state index < -0.39 is 16.6 Å². The highest BCUT2D eigenvalue weighted by atomic mass is 35.5. The van der Waals surface area contributed by atoms with E-state index in [2.05, 4.69) is 15.4 Å². The summed E-state index contributed by atoms with van der Waals surface area (Å²) in [6, 6.07) is 8.40. The van der Waals surface area contributed by atoms with Crippen LogP contribution < -0.4 is 15.4 Å². The van der Waals surface area contributed by atoms with Gasteiger partial charge in [0.15, 0.2) is 5.11 Å². The van der Waals surface area contributed by atoms with E-state index in [0.717, 1.165) is 4.31 Å². The van der Waals surface area contributed by atoms with Crippen LogP contribution in [0.3, 0.4) is 0 Å². The van der Waals surface area contributed by atoms with Crippen molar-refractivity contribution in [2.75, 3.05) is 24.7 Å². The third kappa shape index (κ3) is 5.65. The molecule has 0 aromatic heterocycles. The van der Waals surface area contributed by atoms with E-state index in [0.29, 0.717) is 11.4 Å². The standard InChI is InChI=1S/C16H15Cl2F2N3O3S2/c1-23(2)28(24,25)14-8-10(3-5-11(14)17)22-16(27)21-9-4-6-13(12(18)7-9)26-15(19)20/h3-8,15H,1-2H3,(H2,21,22,27). The average molecular weight is 470 g/mol. The zero-order valence-electron chi connectivity index (χ0n) is 14.5. The van der Waals surface area contributed by atoms with Crippen LogP contribution in [-0.2, 0) is 10.0 Å². The molecule has 0 unspecified atom stereocenters. The second kappa shape index (κ2) is 9.19. The van der Waals surface area contributed by atoms with Gasteiger partial charge in [-0.2, -0.15) is 8.78 Å². The molecule has 0 radical (unpaired) electrons. The maximum Gasteiger partial charge on any atom is 0.387 e. The van der Waals surface area contributed by atoms with Gasteiger partial charge in [0.05, 0.1) is 10.0 Å². The normalized spacial score (nSPS) is 11.6. The minimum atomic E-state index is -3.74. The van der Waals surface area contributed by atoms with Crippen molar-refractivity contribution < 1.29 is 21.9 Å². The molecule has 0 amide bonds. The summed E-state index contributed by atoms with van der Waals surface area (Å²) in [5.74, 6) is -0.169. The lowest BCUT2D eigenvalue weighted by Gasteiger charge is -2.15. The number of ether oxygens (including phenoxy) is 1.